The maximum absolute atomic E-state index is 11.8. The van der Waals surface area contributed by atoms with Crippen LogP contribution in [0.2, 0.25) is 0 Å². The highest BCUT2D eigenvalue weighted by Gasteiger charge is 2.28. The standard InChI is InChI=1S/C20H21N3O4/c1-23-17-7-5-4-6-16(17)22-20(23)21-14-10-8-13(9-11-14)12-15(18(24)26-2)19(25)27-3/h4-11,15H,12H2,1-3H3,(H,21,22). The first kappa shape index (κ1) is 18.4. The molecule has 0 amide bonds. The fourth-order valence-electron chi connectivity index (χ4n) is 2.89. The van der Waals surface area contributed by atoms with Gasteiger partial charge in [-0.1, -0.05) is 24.3 Å². The molecule has 1 N–H and O–H groups in total. The van der Waals surface area contributed by atoms with E-state index >= 15 is 0 Å². The Bertz CT molecular complexity index is 947. The first-order valence-corrected chi connectivity index (χ1v) is 8.46. The quantitative estimate of drug-likeness (QED) is 0.533. The molecule has 0 aliphatic heterocycles. The van der Waals surface area contributed by atoms with Crippen molar-refractivity contribution >= 4 is 34.6 Å². The van der Waals surface area contributed by atoms with E-state index in [-0.39, 0.29) is 6.42 Å². The third-order valence-electron chi connectivity index (χ3n) is 4.41. The second-order valence-electron chi connectivity index (χ2n) is 6.11. The summed E-state index contributed by atoms with van der Waals surface area (Å²) in [7, 11) is 4.45. The minimum atomic E-state index is -0.973. The largest absolute Gasteiger partial charge is 0.468 e. The first-order valence-electron chi connectivity index (χ1n) is 8.46. The Morgan fingerprint density at radius 1 is 1.04 bits per heavy atom. The molecular weight excluding hydrogens is 346 g/mol. The second kappa shape index (κ2) is 7.90. The zero-order valence-electron chi connectivity index (χ0n) is 15.4. The molecule has 0 aliphatic rings. The summed E-state index contributed by atoms with van der Waals surface area (Å²) in [6, 6.07) is 15.3. The van der Waals surface area contributed by atoms with Crippen molar-refractivity contribution in [2.24, 2.45) is 13.0 Å². The number of hydrogen-bond acceptors (Lipinski definition) is 6. The number of hydrogen-bond donors (Lipinski definition) is 1. The van der Waals surface area contributed by atoms with Gasteiger partial charge in [-0.05, 0) is 36.2 Å². The van der Waals surface area contributed by atoms with Crippen LogP contribution in [0.4, 0.5) is 11.6 Å². The lowest BCUT2D eigenvalue weighted by molar-refractivity contribution is -0.158. The summed E-state index contributed by atoms with van der Waals surface area (Å²) < 4.78 is 11.4. The summed E-state index contributed by atoms with van der Waals surface area (Å²) in [5.74, 6) is -1.46. The molecule has 0 unspecified atom stereocenters. The number of carbonyl (C=O) groups excluding carboxylic acids is 2. The molecular formula is C20H21N3O4. The van der Waals surface area contributed by atoms with E-state index in [1.54, 1.807) is 0 Å². The van der Waals surface area contributed by atoms with Crippen LogP contribution in [0.5, 0.6) is 0 Å². The number of carbonyl (C=O) groups is 2. The number of nitrogens with zero attached hydrogens (tertiary/aromatic N) is 2. The molecule has 3 rings (SSSR count). The Labute approximate surface area is 156 Å². The molecule has 3 aromatic rings. The number of benzene rings is 2. The van der Waals surface area contributed by atoms with Gasteiger partial charge in [0.2, 0.25) is 5.95 Å². The van der Waals surface area contributed by atoms with Gasteiger partial charge < -0.3 is 19.4 Å². The molecule has 1 heterocycles. The number of para-hydroxylation sites is 2. The second-order valence-corrected chi connectivity index (χ2v) is 6.11. The van der Waals surface area contributed by atoms with Crippen LogP contribution < -0.4 is 5.32 Å². The van der Waals surface area contributed by atoms with Crippen LogP contribution in [-0.4, -0.2) is 35.7 Å². The minimum Gasteiger partial charge on any atom is -0.468 e. The number of fused-ring (bicyclic) bond motifs is 1. The summed E-state index contributed by atoms with van der Waals surface area (Å²) in [6.45, 7) is 0. The molecule has 0 radical (unpaired) electrons. The van der Waals surface area contributed by atoms with E-state index in [9.17, 15) is 9.59 Å². The average Bonchev–Trinajstić information content (AvgIpc) is 3.02. The van der Waals surface area contributed by atoms with Gasteiger partial charge in [-0.25, -0.2) is 4.98 Å². The number of ether oxygens (including phenoxy) is 2. The van der Waals surface area contributed by atoms with Gasteiger partial charge in [0.1, 0.15) is 0 Å². The van der Waals surface area contributed by atoms with Crippen molar-refractivity contribution in [3.63, 3.8) is 0 Å². The number of rotatable bonds is 6. The molecule has 0 spiro atoms. The molecule has 7 heteroatoms. The monoisotopic (exact) mass is 367 g/mol. The molecule has 0 bridgehead atoms. The minimum absolute atomic E-state index is 0.214. The van der Waals surface area contributed by atoms with Gasteiger partial charge in [0, 0.05) is 12.7 Å². The lowest BCUT2D eigenvalue weighted by Crippen LogP contribution is -2.28. The summed E-state index contributed by atoms with van der Waals surface area (Å²) in [5, 5.41) is 3.28. The fourth-order valence-corrected chi connectivity index (χ4v) is 2.89. The summed E-state index contributed by atoms with van der Waals surface area (Å²) in [6.07, 6.45) is 0.214. The summed E-state index contributed by atoms with van der Waals surface area (Å²) >= 11 is 0. The van der Waals surface area contributed by atoms with Gasteiger partial charge in [0.15, 0.2) is 5.92 Å². The first-order chi connectivity index (χ1) is 13.0. The molecule has 2 aromatic carbocycles. The third kappa shape index (κ3) is 3.92. The fraction of sp³-hybridized carbons (Fsp3) is 0.250. The van der Waals surface area contributed by atoms with Crippen LogP contribution in [0.25, 0.3) is 11.0 Å². The summed E-state index contributed by atoms with van der Waals surface area (Å²) in [5.41, 5.74) is 3.63. The van der Waals surface area contributed by atoms with Crippen molar-refractivity contribution in [3.8, 4) is 0 Å². The Balaban J connectivity index is 1.75. The van der Waals surface area contributed by atoms with E-state index in [1.807, 2.05) is 60.1 Å². The van der Waals surface area contributed by atoms with Crippen LogP contribution in [0.15, 0.2) is 48.5 Å². The maximum Gasteiger partial charge on any atom is 0.320 e. The number of methoxy groups -OCH3 is 2. The lowest BCUT2D eigenvalue weighted by Gasteiger charge is -2.13. The van der Waals surface area contributed by atoms with E-state index in [0.717, 1.165) is 28.2 Å². The maximum atomic E-state index is 11.8. The Morgan fingerprint density at radius 2 is 1.67 bits per heavy atom. The molecule has 0 saturated carbocycles. The summed E-state index contributed by atoms with van der Waals surface area (Å²) in [4.78, 5) is 28.2. The Kier molecular flexibility index (Phi) is 5.40. The molecule has 0 saturated heterocycles. The number of imidazole rings is 1. The van der Waals surface area contributed by atoms with E-state index in [1.165, 1.54) is 14.2 Å². The van der Waals surface area contributed by atoms with Crippen LogP contribution in [-0.2, 0) is 32.5 Å². The van der Waals surface area contributed by atoms with Gasteiger partial charge in [0.05, 0.1) is 25.3 Å². The molecule has 1 aromatic heterocycles. The predicted molar refractivity (Wildman–Crippen MR) is 102 cm³/mol. The smallest absolute Gasteiger partial charge is 0.320 e. The van der Waals surface area contributed by atoms with Crippen LogP contribution >= 0.6 is 0 Å². The number of esters is 2. The molecule has 7 nitrogen and oxygen atoms in total. The highest BCUT2D eigenvalue weighted by Crippen LogP contribution is 2.22. The number of aromatic nitrogens is 2. The van der Waals surface area contributed by atoms with Gasteiger partial charge >= 0.3 is 11.9 Å². The third-order valence-corrected chi connectivity index (χ3v) is 4.41. The van der Waals surface area contributed by atoms with Gasteiger partial charge in [0.25, 0.3) is 0 Å². The number of anilines is 2. The van der Waals surface area contributed by atoms with Crippen molar-refractivity contribution < 1.29 is 19.1 Å². The van der Waals surface area contributed by atoms with E-state index in [2.05, 4.69) is 19.8 Å². The zero-order valence-corrected chi connectivity index (χ0v) is 15.4. The molecule has 0 aliphatic carbocycles. The molecule has 140 valence electrons. The van der Waals surface area contributed by atoms with Crippen molar-refractivity contribution in [1.29, 1.82) is 0 Å². The highest BCUT2D eigenvalue weighted by molar-refractivity contribution is 5.95. The normalized spacial score (nSPS) is 10.8. The molecule has 0 atom stereocenters. The Morgan fingerprint density at radius 3 is 2.26 bits per heavy atom. The van der Waals surface area contributed by atoms with Crippen LogP contribution in [0.1, 0.15) is 5.56 Å². The van der Waals surface area contributed by atoms with E-state index < -0.39 is 17.9 Å². The molecule has 0 fully saturated rings. The van der Waals surface area contributed by atoms with Crippen molar-refractivity contribution in [1.82, 2.24) is 9.55 Å². The van der Waals surface area contributed by atoms with E-state index in [4.69, 9.17) is 0 Å². The van der Waals surface area contributed by atoms with Gasteiger partial charge in [-0.2, -0.15) is 0 Å². The van der Waals surface area contributed by atoms with Gasteiger partial charge in [-0.3, -0.25) is 9.59 Å². The predicted octanol–water partition coefficient (Wildman–Crippen LogP) is 2.82. The number of nitrogens with one attached hydrogen (secondary N) is 1. The zero-order chi connectivity index (χ0) is 19.4. The van der Waals surface area contributed by atoms with Crippen molar-refractivity contribution in [3.05, 3.63) is 54.1 Å². The number of aryl methyl sites for hydroxylation is 1. The van der Waals surface area contributed by atoms with Crippen LogP contribution in [0.3, 0.4) is 0 Å². The Hall–Kier alpha value is -3.35. The highest BCUT2D eigenvalue weighted by atomic mass is 16.5. The van der Waals surface area contributed by atoms with E-state index in [0.29, 0.717) is 0 Å². The van der Waals surface area contributed by atoms with Gasteiger partial charge in [-0.15, -0.1) is 0 Å². The van der Waals surface area contributed by atoms with Crippen molar-refractivity contribution in [2.75, 3.05) is 19.5 Å². The van der Waals surface area contributed by atoms with Crippen molar-refractivity contribution in [2.45, 2.75) is 6.42 Å². The topological polar surface area (TPSA) is 82.5 Å². The molecule has 27 heavy (non-hydrogen) atoms. The lowest BCUT2D eigenvalue weighted by atomic mass is 9.99. The SMILES string of the molecule is COC(=O)C(Cc1ccc(Nc2nc3ccccc3n2C)cc1)C(=O)OC. The van der Waals surface area contributed by atoms with Crippen LogP contribution in [0, 0.1) is 5.92 Å². The average molecular weight is 367 g/mol.